The molecule has 70 heavy (non-hydrogen) atoms. The Morgan fingerprint density at radius 1 is 0.614 bits per heavy atom. The van der Waals surface area contributed by atoms with Gasteiger partial charge in [-0.2, -0.15) is 12.1 Å². The van der Waals surface area contributed by atoms with E-state index < -0.39 is 8.07 Å². The molecule has 3 aromatic heterocycles. The first-order valence-corrected chi connectivity index (χ1v) is 26.7. The van der Waals surface area contributed by atoms with Crippen molar-refractivity contribution in [2.45, 2.75) is 39.3 Å². The van der Waals surface area contributed by atoms with Crippen LogP contribution >= 0.6 is 0 Å². The number of benzene rings is 8. The third-order valence-electron chi connectivity index (χ3n) is 14.2. The van der Waals surface area contributed by atoms with Gasteiger partial charge < -0.3 is 23.5 Å². The van der Waals surface area contributed by atoms with Gasteiger partial charge in [-0.3, -0.25) is 4.57 Å². The van der Waals surface area contributed by atoms with E-state index in [9.17, 15) is 0 Å². The molecule has 2 aliphatic heterocycles. The number of para-hydroxylation sites is 6. The molecule has 8 aromatic carbocycles. The van der Waals surface area contributed by atoms with Gasteiger partial charge in [0.05, 0.1) is 28.1 Å². The second-order valence-electron chi connectivity index (χ2n) is 19.7. The number of hydrogen-bond donors (Lipinski definition) is 0. The molecule has 7 nitrogen and oxygen atoms in total. The third kappa shape index (κ3) is 6.89. The summed E-state index contributed by atoms with van der Waals surface area (Å²) in [5, 5.41) is 4.85. The van der Waals surface area contributed by atoms with E-state index in [1.807, 2.05) is 12.3 Å². The van der Waals surface area contributed by atoms with Crippen molar-refractivity contribution in [3.05, 3.63) is 218 Å². The Bertz CT molecular complexity index is 3750. The molecule has 5 heterocycles. The molecule has 342 valence electrons. The normalized spacial score (nSPS) is 13.7. The number of ether oxygens (including phenoxy) is 1. The molecule has 0 radical (unpaired) electrons. The molecular weight excluding hydrogens is 1050 g/mol. The number of hydrogen-bond acceptors (Lipinski definition) is 4. The Morgan fingerprint density at radius 2 is 1.26 bits per heavy atom. The summed E-state index contributed by atoms with van der Waals surface area (Å²) in [5.41, 5.74) is 13.1. The van der Waals surface area contributed by atoms with Gasteiger partial charge >= 0.3 is 6.98 Å². The molecule has 11 aromatic rings. The fraction of sp³-hybridized carbons (Fsp3) is 0.100. The zero-order valence-electron chi connectivity index (χ0n) is 39.5. The second kappa shape index (κ2) is 16.6. The predicted octanol–water partition coefficient (Wildman–Crippen LogP) is 11.7. The van der Waals surface area contributed by atoms with E-state index >= 15 is 0 Å². The zero-order chi connectivity index (χ0) is 46.6. The Kier molecular flexibility index (Phi) is 10.4. The van der Waals surface area contributed by atoms with Crippen LogP contribution in [0.5, 0.6) is 11.5 Å². The third-order valence-corrected chi connectivity index (χ3v) is 17.7. The van der Waals surface area contributed by atoms with Crippen LogP contribution in [-0.2, 0) is 26.5 Å². The van der Waals surface area contributed by atoms with Crippen LogP contribution in [0, 0.1) is 18.5 Å². The topological polar surface area (TPSA) is 42.3 Å². The number of imidazole rings is 1. The molecule has 0 unspecified atom stereocenters. The first-order chi connectivity index (χ1) is 33.6. The van der Waals surface area contributed by atoms with Gasteiger partial charge in [0.2, 0.25) is 0 Å². The van der Waals surface area contributed by atoms with Crippen LogP contribution < -0.4 is 34.8 Å². The Hall–Kier alpha value is -7.45. The monoisotopic (exact) mass is 1100 g/mol. The minimum absolute atomic E-state index is 0. The molecule has 0 saturated carbocycles. The maximum absolute atomic E-state index is 6.85. The van der Waals surface area contributed by atoms with Crippen LogP contribution in [0.4, 0.5) is 22.7 Å². The zero-order valence-corrected chi connectivity index (χ0v) is 42.7. The molecule has 0 N–H and O–H groups in total. The van der Waals surface area contributed by atoms with Gasteiger partial charge in [0, 0.05) is 63.7 Å². The number of rotatable bonds is 7. The average molecular weight is 1100 g/mol. The SMILES string of the molecule is CC(C)(C)c1ccnc(-n2c3[c-]c(Oc4[c-]c5c(cc4)[Si](C)(C)c4cccc6c4n-5[c-][n+]6-c4ccccc4)ccc3c3cc(B4N(c5ccccc5)c5ccccc5N4c4ccccc4)ccc32)c1.[Pt]. The first-order valence-electron chi connectivity index (χ1n) is 23.7. The van der Waals surface area contributed by atoms with Gasteiger partial charge in [-0.25, -0.2) is 4.98 Å². The Labute approximate surface area is 424 Å². The minimum atomic E-state index is -2.13. The van der Waals surface area contributed by atoms with Crippen molar-refractivity contribution in [3.8, 4) is 28.7 Å². The first kappa shape index (κ1) is 43.8. The molecule has 0 atom stereocenters. The smallest absolute Gasteiger partial charge is 0.420 e. The average Bonchev–Trinajstić information content (AvgIpc) is 4.05. The van der Waals surface area contributed by atoms with Gasteiger partial charge in [-0.15, -0.1) is 34.8 Å². The number of fused-ring (bicyclic) bond motifs is 6. The molecule has 0 bridgehead atoms. The molecular formula is C60H47BN6OPtSi-2. The molecule has 2 aliphatic rings. The fourth-order valence-electron chi connectivity index (χ4n) is 10.8. The molecule has 0 spiro atoms. The van der Waals surface area contributed by atoms with Crippen LogP contribution in [0.15, 0.2) is 194 Å². The van der Waals surface area contributed by atoms with Crippen LogP contribution in [0.3, 0.4) is 0 Å². The van der Waals surface area contributed by atoms with Crippen LogP contribution in [0.1, 0.15) is 26.3 Å². The summed E-state index contributed by atoms with van der Waals surface area (Å²) in [6.45, 7) is 11.4. The van der Waals surface area contributed by atoms with E-state index in [-0.39, 0.29) is 33.5 Å². The van der Waals surface area contributed by atoms with Crippen molar-refractivity contribution in [1.82, 2.24) is 14.1 Å². The van der Waals surface area contributed by atoms with E-state index in [2.05, 4.69) is 258 Å². The Balaban J connectivity index is 0.00000505. The summed E-state index contributed by atoms with van der Waals surface area (Å²) in [6.07, 6.45) is 5.64. The van der Waals surface area contributed by atoms with Gasteiger partial charge in [-0.05, 0) is 94.2 Å². The van der Waals surface area contributed by atoms with Crippen LogP contribution in [0.25, 0.3) is 50.0 Å². The van der Waals surface area contributed by atoms with Crippen molar-refractivity contribution in [1.29, 1.82) is 0 Å². The molecule has 10 heteroatoms. The number of anilines is 4. The largest absolute Gasteiger partial charge is 0.510 e. The minimum Gasteiger partial charge on any atom is -0.510 e. The molecule has 0 fully saturated rings. The summed E-state index contributed by atoms with van der Waals surface area (Å²) in [4.78, 5) is 9.96. The molecule has 13 rings (SSSR count). The van der Waals surface area contributed by atoms with E-state index in [1.165, 1.54) is 21.5 Å². The number of nitrogens with zero attached hydrogens (tertiary/aromatic N) is 6. The van der Waals surface area contributed by atoms with Gasteiger partial charge in [0.25, 0.3) is 6.33 Å². The van der Waals surface area contributed by atoms with Crippen molar-refractivity contribution in [3.63, 3.8) is 0 Å². The van der Waals surface area contributed by atoms with Crippen molar-refractivity contribution in [2.24, 2.45) is 0 Å². The van der Waals surface area contributed by atoms with Crippen molar-refractivity contribution in [2.75, 3.05) is 9.62 Å². The second-order valence-corrected chi connectivity index (χ2v) is 24.0. The summed E-state index contributed by atoms with van der Waals surface area (Å²) < 4.78 is 13.5. The summed E-state index contributed by atoms with van der Waals surface area (Å²) in [6, 6.07) is 74.6. The van der Waals surface area contributed by atoms with Gasteiger partial charge in [-0.1, -0.05) is 142 Å². The Morgan fingerprint density at radius 3 is 1.94 bits per heavy atom. The summed E-state index contributed by atoms with van der Waals surface area (Å²) >= 11 is 0. The van der Waals surface area contributed by atoms with E-state index in [0.29, 0.717) is 11.5 Å². The maximum atomic E-state index is 6.85. The van der Waals surface area contributed by atoms with Crippen molar-refractivity contribution < 1.29 is 30.4 Å². The quantitative estimate of drug-likeness (QED) is 0.0906. The van der Waals surface area contributed by atoms with E-state index in [1.54, 1.807) is 0 Å². The van der Waals surface area contributed by atoms with E-state index in [4.69, 9.17) is 9.72 Å². The van der Waals surface area contributed by atoms with E-state index in [0.717, 1.165) is 72.7 Å². The van der Waals surface area contributed by atoms with Gasteiger partial charge in [0.1, 0.15) is 5.82 Å². The number of pyridine rings is 1. The summed E-state index contributed by atoms with van der Waals surface area (Å²) in [5.74, 6) is 2.05. The standard InChI is InChI=1S/C60H47BN6OSi.Pt/c1-60(2,3)41-34-35-62-58(36-41)65-50-32-28-42(61-66(44-20-11-7-12-21-44)51-24-15-16-25-52(51)67(61)45-22-13-8-14-23-45)37-49(50)48-31-29-46(38-54(48)65)68-47-30-33-56-55(39-47)64-40-63(43-18-9-6-10-19-43)53-26-17-27-57(59(53)64)69(56,4)5;/h6-37H,1-5H3;/q-2;. The fourth-order valence-corrected chi connectivity index (χ4v) is 13.7. The molecule has 0 aliphatic carbocycles. The van der Waals surface area contributed by atoms with Crippen molar-refractivity contribution >= 4 is 86.5 Å². The van der Waals surface area contributed by atoms with Crippen LogP contribution in [-0.4, -0.2) is 29.2 Å². The van der Waals surface area contributed by atoms with Crippen LogP contribution in [0.2, 0.25) is 13.1 Å². The number of aromatic nitrogens is 4. The molecule has 0 saturated heterocycles. The predicted molar refractivity (Wildman–Crippen MR) is 284 cm³/mol. The molecule has 0 amide bonds. The summed E-state index contributed by atoms with van der Waals surface area (Å²) in [7, 11) is -2.13. The maximum Gasteiger partial charge on any atom is 0.420 e. The van der Waals surface area contributed by atoms with Gasteiger partial charge in [0.15, 0.2) is 0 Å².